The molecule has 1 aliphatic heterocycles. The fourth-order valence-electron chi connectivity index (χ4n) is 6.02. The van der Waals surface area contributed by atoms with E-state index in [9.17, 15) is 28.6 Å². The number of methoxy groups -OCH3 is 1. The van der Waals surface area contributed by atoms with E-state index < -0.39 is 52.7 Å². The summed E-state index contributed by atoms with van der Waals surface area (Å²) in [7, 11) is 1.60. The van der Waals surface area contributed by atoms with E-state index in [1.54, 1.807) is 30.4 Å². The molecule has 3 atom stereocenters. The molecule has 2 heterocycles. The number of carbonyl (C=O) groups excluding carboxylic acids is 1. The van der Waals surface area contributed by atoms with Crippen LogP contribution in [0, 0.1) is 28.9 Å². The molecule has 0 radical (unpaired) electrons. The van der Waals surface area contributed by atoms with Gasteiger partial charge in [0.05, 0.1) is 28.7 Å². The van der Waals surface area contributed by atoms with Gasteiger partial charge in [-0.2, -0.15) is 0 Å². The number of aromatic nitrogens is 2. The predicted octanol–water partition coefficient (Wildman–Crippen LogP) is 5.39. The summed E-state index contributed by atoms with van der Waals surface area (Å²) in [6.45, 7) is 14.4. The van der Waals surface area contributed by atoms with Crippen LogP contribution in [0.1, 0.15) is 78.3 Å². The molecule has 1 unspecified atom stereocenters. The Kier molecular flexibility index (Phi) is 10.1. The van der Waals surface area contributed by atoms with E-state index in [0.29, 0.717) is 44.5 Å². The van der Waals surface area contributed by atoms with Crippen LogP contribution in [0.25, 0.3) is 11.0 Å². The number of halogens is 2. The van der Waals surface area contributed by atoms with Gasteiger partial charge < -0.3 is 29.3 Å². The molecule has 2 N–H and O–H groups in total. The highest BCUT2D eigenvalue weighted by molar-refractivity contribution is 5.95. The lowest BCUT2D eigenvalue weighted by Crippen LogP contribution is -2.66. The van der Waals surface area contributed by atoms with Gasteiger partial charge in [0, 0.05) is 51.4 Å². The molecule has 230 valence electrons. The lowest BCUT2D eigenvalue weighted by molar-refractivity contribution is -0.0759. The Balaban J connectivity index is 2.19. The van der Waals surface area contributed by atoms with Gasteiger partial charge >= 0.3 is 6.09 Å². The second kappa shape index (κ2) is 12.6. The van der Waals surface area contributed by atoms with Gasteiger partial charge in [-0.25, -0.2) is 18.6 Å². The second-order valence-electron chi connectivity index (χ2n) is 13.3. The minimum atomic E-state index is -1.19. The number of nitrogens with zero attached hydrogens (tertiary/aromatic N) is 4. The Labute approximate surface area is 241 Å². The van der Waals surface area contributed by atoms with E-state index in [0.717, 1.165) is 12.1 Å². The molecule has 1 fully saturated rings. The first-order valence-electron chi connectivity index (χ1n) is 14.3. The van der Waals surface area contributed by atoms with Gasteiger partial charge in [0.25, 0.3) is 5.91 Å². The Morgan fingerprint density at radius 2 is 1.78 bits per heavy atom. The summed E-state index contributed by atoms with van der Waals surface area (Å²) in [6, 6.07) is 0.902. The van der Waals surface area contributed by atoms with Crippen molar-refractivity contribution in [1.29, 1.82) is 0 Å². The standard InChI is InChI=1S/C30H46F2N4O5/c1-18(2)16-35(24-13-19(30(6,7)40)17-36(28(38)39)25(24)29(3,4)5)27(37)26-33-22-14-20(31)21(32)15-23(22)34(26)11-9-10-12-41-8/h14-15,18-19,24-25,40H,9-13,16-17H2,1-8H3,(H,38,39)/t19-,24+,25?/m1/s1. The van der Waals surface area contributed by atoms with Crippen molar-refractivity contribution in [2.24, 2.45) is 17.3 Å². The van der Waals surface area contributed by atoms with Crippen molar-refractivity contribution in [3.8, 4) is 0 Å². The Morgan fingerprint density at radius 1 is 1.15 bits per heavy atom. The van der Waals surface area contributed by atoms with Crippen molar-refractivity contribution in [3.05, 3.63) is 29.6 Å². The Bertz CT molecular complexity index is 1230. The fraction of sp³-hybridized carbons (Fsp3) is 0.700. The van der Waals surface area contributed by atoms with Crippen LogP contribution in [-0.4, -0.2) is 86.1 Å². The Hall–Kier alpha value is -2.79. The number of hydrogen-bond donors (Lipinski definition) is 2. The first-order valence-corrected chi connectivity index (χ1v) is 14.3. The number of carboxylic acid groups (broad SMARTS) is 1. The molecule has 11 heteroatoms. The fourth-order valence-corrected chi connectivity index (χ4v) is 6.02. The summed E-state index contributed by atoms with van der Waals surface area (Å²) in [5.74, 6) is -2.88. The number of rotatable bonds is 10. The van der Waals surface area contributed by atoms with Crippen LogP contribution in [0.4, 0.5) is 13.6 Å². The van der Waals surface area contributed by atoms with E-state index in [2.05, 4.69) is 4.98 Å². The lowest BCUT2D eigenvalue weighted by Gasteiger charge is -2.54. The van der Waals surface area contributed by atoms with E-state index in [4.69, 9.17) is 4.74 Å². The van der Waals surface area contributed by atoms with Crippen LogP contribution in [0.2, 0.25) is 0 Å². The van der Waals surface area contributed by atoms with Crippen molar-refractivity contribution in [2.45, 2.75) is 92.0 Å². The van der Waals surface area contributed by atoms with Crippen LogP contribution >= 0.6 is 0 Å². The lowest BCUT2D eigenvalue weighted by atomic mass is 9.71. The second-order valence-corrected chi connectivity index (χ2v) is 13.3. The first kappa shape index (κ1) is 32.7. The van der Waals surface area contributed by atoms with Crippen LogP contribution in [0.3, 0.4) is 0 Å². The molecule has 0 aliphatic carbocycles. The predicted molar refractivity (Wildman–Crippen MR) is 153 cm³/mol. The number of aryl methyl sites for hydroxylation is 1. The summed E-state index contributed by atoms with van der Waals surface area (Å²) < 4.78 is 35.3. The zero-order chi connectivity index (χ0) is 30.9. The number of imidazole rings is 1. The van der Waals surface area contributed by atoms with Crippen molar-refractivity contribution in [3.63, 3.8) is 0 Å². The highest BCUT2D eigenvalue weighted by Crippen LogP contribution is 2.40. The topological polar surface area (TPSA) is 108 Å². The van der Waals surface area contributed by atoms with Crippen molar-refractivity contribution in [2.75, 3.05) is 26.8 Å². The van der Waals surface area contributed by atoms with Gasteiger partial charge in [0.1, 0.15) is 0 Å². The highest BCUT2D eigenvalue weighted by Gasteiger charge is 2.51. The monoisotopic (exact) mass is 580 g/mol. The number of carbonyl (C=O) groups is 2. The zero-order valence-electron chi connectivity index (χ0n) is 25.6. The smallest absolute Gasteiger partial charge is 0.407 e. The molecule has 1 aromatic carbocycles. The summed E-state index contributed by atoms with van der Waals surface area (Å²) in [5, 5.41) is 21.2. The van der Waals surface area contributed by atoms with Gasteiger partial charge in [-0.05, 0) is 44.4 Å². The minimum absolute atomic E-state index is 0.0229. The van der Waals surface area contributed by atoms with Gasteiger partial charge in [0.2, 0.25) is 0 Å². The number of piperidine rings is 1. The van der Waals surface area contributed by atoms with Gasteiger partial charge in [-0.3, -0.25) is 4.79 Å². The van der Waals surface area contributed by atoms with Gasteiger partial charge in [-0.15, -0.1) is 0 Å². The van der Waals surface area contributed by atoms with Crippen molar-refractivity contribution in [1.82, 2.24) is 19.4 Å². The summed E-state index contributed by atoms with van der Waals surface area (Å²) >= 11 is 0. The molecule has 0 bridgehead atoms. The van der Waals surface area contributed by atoms with Gasteiger partial charge in [-0.1, -0.05) is 34.6 Å². The largest absolute Gasteiger partial charge is 0.465 e. The number of benzene rings is 1. The maximum Gasteiger partial charge on any atom is 0.407 e. The number of amides is 2. The quantitative estimate of drug-likeness (QED) is 0.365. The van der Waals surface area contributed by atoms with Crippen molar-refractivity contribution >= 4 is 23.0 Å². The maximum absolute atomic E-state index is 14.5. The van der Waals surface area contributed by atoms with Crippen LogP contribution < -0.4 is 0 Å². The van der Waals surface area contributed by atoms with Crippen LogP contribution in [-0.2, 0) is 11.3 Å². The van der Waals surface area contributed by atoms with Crippen LogP contribution in [0.15, 0.2) is 12.1 Å². The molecule has 1 aliphatic rings. The molecule has 1 aromatic heterocycles. The van der Waals surface area contributed by atoms with Gasteiger partial charge in [0.15, 0.2) is 17.5 Å². The third-order valence-corrected chi connectivity index (χ3v) is 7.96. The average Bonchev–Trinajstić information content (AvgIpc) is 3.19. The first-order chi connectivity index (χ1) is 19.0. The highest BCUT2D eigenvalue weighted by atomic mass is 19.2. The maximum atomic E-state index is 14.5. The molecule has 9 nitrogen and oxygen atoms in total. The summed E-state index contributed by atoms with van der Waals surface area (Å²) in [6.07, 6.45) is 0.575. The third-order valence-electron chi connectivity index (χ3n) is 7.96. The zero-order valence-corrected chi connectivity index (χ0v) is 25.6. The molecule has 1 saturated heterocycles. The van der Waals surface area contributed by atoms with E-state index in [1.807, 2.05) is 34.6 Å². The minimum Gasteiger partial charge on any atom is -0.465 e. The molecular formula is C30H46F2N4O5. The number of likely N-dealkylation sites (tertiary alicyclic amines) is 1. The van der Waals surface area contributed by atoms with E-state index >= 15 is 0 Å². The molecule has 0 saturated carbocycles. The molecule has 2 amide bonds. The molecular weight excluding hydrogens is 534 g/mol. The average molecular weight is 581 g/mol. The molecule has 41 heavy (non-hydrogen) atoms. The number of hydrogen-bond acceptors (Lipinski definition) is 5. The SMILES string of the molecule is COCCCCn1c(C(=O)N(CC(C)C)[C@H]2C[C@@H](C(C)(C)O)CN(C(=O)O)C2C(C)(C)C)nc2cc(F)c(F)cc21. The Morgan fingerprint density at radius 3 is 2.32 bits per heavy atom. The third kappa shape index (κ3) is 7.35. The molecule has 2 aromatic rings. The molecule has 0 spiro atoms. The van der Waals surface area contributed by atoms with E-state index in [1.165, 1.54) is 4.90 Å². The van der Waals surface area contributed by atoms with E-state index in [-0.39, 0.29) is 23.8 Å². The molecule has 3 rings (SSSR count). The summed E-state index contributed by atoms with van der Waals surface area (Å²) in [5.41, 5.74) is -1.26. The number of aliphatic hydroxyl groups is 1. The summed E-state index contributed by atoms with van der Waals surface area (Å²) in [4.78, 5) is 34.6. The van der Waals surface area contributed by atoms with Crippen molar-refractivity contribution < 1.29 is 33.3 Å². The number of unbranched alkanes of at least 4 members (excludes halogenated alkanes) is 1. The normalized spacial score (nSPS) is 20.2. The van der Waals surface area contributed by atoms with Crippen LogP contribution in [0.5, 0.6) is 0 Å². The number of fused-ring (bicyclic) bond motifs is 1. The number of ether oxygens (including phenoxy) is 1.